The summed E-state index contributed by atoms with van der Waals surface area (Å²) in [5.41, 5.74) is 0.302. The molecule has 0 fully saturated rings. The Balaban J connectivity index is 1.98. The van der Waals surface area contributed by atoms with E-state index in [1.54, 1.807) is 30.3 Å². The Kier molecular flexibility index (Phi) is 5.88. The van der Waals surface area contributed by atoms with Gasteiger partial charge < -0.3 is 10.1 Å². The predicted octanol–water partition coefficient (Wildman–Crippen LogP) is 3.21. The summed E-state index contributed by atoms with van der Waals surface area (Å²) in [7, 11) is 0. The third-order valence-corrected chi connectivity index (χ3v) is 3.37. The van der Waals surface area contributed by atoms with Gasteiger partial charge in [0.25, 0.3) is 0 Å². The van der Waals surface area contributed by atoms with Crippen LogP contribution in [-0.2, 0) is 9.59 Å². The molecule has 0 aliphatic rings. The van der Waals surface area contributed by atoms with Crippen LogP contribution < -0.4 is 10.1 Å². The number of nitrogens with one attached hydrogen (secondary N) is 1. The van der Waals surface area contributed by atoms with Crippen molar-refractivity contribution in [3.05, 3.63) is 59.4 Å². The molecule has 2 aromatic rings. The molecule has 5 nitrogen and oxygen atoms in total. The molecular formula is C17H12ClFN2O3. The van der Waals surface area contributed by atoms with Crippen LogP contribution >= 0.6 is 11.6 Å². The summed E-state index contributed by atoms with van der Waals surface area (Å²) < 4.78 is 17.9. The Labute approximate surface area is 142 Å². The van der Waals surface area contributed by atoms with Gasteiger partial charge in [0.2, 0.25) is 5.91 Å². The first kappa shape index (κ1) is 17.4. The number of Topliss-reactive ketones (excluding diaryl/α,β-unsaturated/α-hetero) is 1. The zero-order valence-corrected chi connectivity index (χ0v) is 13.1. The second kappa shape index (κ2) is 8.09. The number of rotatable bonds is 6. The van der Waals surface area contributed by atoms with Crippen molar-refractivity contribution in [3.63, 3.8) is 0 Å². The molecule has 0 radical (unpaired) electrons. The third kappa shape index (κ3) is 4.54. The largest absolute Gasteiger partial charge is 0.486 e. The zero-order chi connectivity index (χ0) is 17.5. The van der Waals surface area contributed by atoms with Crippen LogP contribution in [0.1, 0.15) is 0 Å². The van der Waals surface area contributed by atoms with Crippen LogP contribution in [0.3, 0.4) is 0 Å². The number of ether oxygens (including phenoxy) is 1. The Morgan fingerprint density at radius 1 is 1.21 bits per heavy atom. The second-order valence-electron chi connectivity index (χ2n) is 4.74. The summed E-state index contributed by atoms with van der Waals surface area (Å²) in [6.07, 6.45) is 0. The average Bonchev–Trinajstić information content (AvgIpc) is 2.57. The van der Waals surface area contributed by atoms with E-state index >= 15 is 0 Å². The number of ketones is 1. The summed E-state index contributed by atoms with van der Waals surface area (Å²) in [5, 5.41) is 11.8. The lowest BCUT2D eigenvalue weighted by Crippen LogP contribution is -2.32. The van der Waals surface area contributed by atoms with Gasteiger partial charge in [0.05, 0.1) is 16.8 Å². The van der Waals surface area contributed by atoms with Crippen LogP contribution in [-0.4, -0.2) is 18.3 Å². The summed E-state index contributed by atoms with van der Waals surface area (Å²) >= 11 is 5.91. The van der Waals surface area contributed by atoms with E-state index in [0.717, 1.165) is 0 Å². The van der Waals surface area contributed by atoms with E-state index < -0.39 is 30.0 Å². The highest BCUT2D eigenvalue weighted by Gasteiger charge is 2.27. The number of anilines is 1. The quantitative estimate of drug-likeness (QED) is 0.814. The Morgan fingerprint density at radius 3 is 2.50 bits per heavy atom. The van der Waals surface area contributed by atoms with Gasteiger partial charge in [-0.05, 0) is 36.4 Å². The molecular weight excluding hydrogens is 335 g/mol. The first-order valence-electron chi connectivity index (χ1n) is 6.87. The van der Waals surface area contributed by atoms with Gasteiger partial charge in [-0.15, -0.1) is 0 Å². The molecule has 122 valence electrons. The molecule has 0 heterocycles. The number of amides is 1. The van der Waals surface area contributed by atoms with Crippen LogP contribution in [0.5, 0.6) is 5.75 Å². The Morgan fingerprint density at radius 2 is 1.88 bits per heavy atom. The molecule has 1 atom stereocenters. The molecule has 7 heteroatoms. The zero-order valence-electron chi connectivity index (χ0n) is 12.3. The highest BCUT2D eigenvalue weighted by molar-refractivity contribution is 6.33. The van der Waals surface area contributed by atoms with Crippen LogP contribution in [0.4, 0.5) is 10.1 Å². The number of nitrogens with zero attached hydrogens (tertiary/aromatic N) is 1. The fraction of sp³-hybridized carbons (Fsp3) is 0.118. The molecule has 0 saturated carbocycles. The summed E-state index contributed by atoms with van der Waals surface area (Å²) in [5.74, 6) is -3.23. The SMILES string of the molecule is N#CC(C(=O)COc1ccc(F)cc1)C(=O)Nc1ccccc1Cl. The van der Waals surface area contributed by atoms with Crippen molar-refractivity contribution >= 4 is 29.0 Å². The van der Waals surface area contributed by atoms with Gasteiger partial charge in [-0.1, -0.05) is 23.7 Å². The number of nitriles is 1. The molecule has 0 bridgehead atoms. The number of carbonyl (C=O) groups is 2. The van der Waals surface area contributed by atoms with Crippen LogP contribution in [0.15, 0.2) is 48.5 Å². The van der Waals surface area contributed by atoms with Gasteiger partial charge in [0.1, 0.15) is 18.2 Å². The van der Waals surface area contributed by atoms with Crippen LogP contribution in [0, 0.1) is 23.1 Å². The molecule has 2 aromatic carbocycles. The fourth-order valence-corrected chi connectivity index (χ4v) is 2.00. The van der Waals surface area contributed by atoms with Gasteiger partial charge in [-0.25, -0.2) is 4.39 Å². The highest BCUT2D eigenvalue weighted by Crippen LogP contribution is 2.21. The third-order valence-electron chi connectivity index (χ3n) is 3.04. The summed E-state index contributed by atoms with van der Waals surface area (Å²) in [6, 6.07) is 13.1. The maximum Gasteiger partial charge on any atom is 0.249 e. The van der Waals surface area contributed by atoms with Crippen molar-refractivity contribution in [1.82, 2.24) is 0 Å². The summed E-state index contributed by atoms with van der Waals surface area (Å²) in [4.78, 5) is 24.1. The number of para-hydroxylation sites is 1. The van der Waals surface area contributed by atoms with Gasteiger partial charge in [0, 0.05) is 0 Å². The van der Waals surface area contributed by atoms with Gasteiger partial charge in [0.15, 0.2) is 11.7 Å². The minimum absolute atomic E-state index is 0.257. The van der Waals surface area contributed by atoms with Gasteiger partial charge >= 0.3 is 0 Å². The minimum atomic E-state index is -1.54. The Bertz CT molecular complexity index is 787. The van der Waals surface area contributed by atoms with E-state index in [1.165, 1.54) is 24.3 Å². The van der Waals surface area contributed by atoms with E-state index in [0.29, 0.717) is 5.69 Å². The van der Waals surface area contributed by atoms with E-state index in [-0.39, 0.29) is 10.8 Å². The molecule has 0 aliphatic heterocycles. The lowest BCUT2D eigenvalue weighted by Gasteiger charge is -2.11. The molecule has 1 amide bonds. The molecule has 2 rings (SSSR count). The predicted molar refractivity (Wildman–Crippen MR) is 86.1 cm³/mol. The number of halogens is 2. The number of hydrogen-bond acceptors (Lipinski definition) is 4. The van der Waals surface area contributed by atoms with Crippen LogP contribution in [0.2, 0.25) is 5.02 Å². The maximum atomic E-state index is 12.8. The second-order valence-corrected chi connectivity index (χ2v) is 5.15. The molecule has 24 heavy (non-hydrogen) atoms. The number of carbonyl (C=O) groups excluding carboxylic acids is 2. The van der Waals surface area contributed by atoms with E-state index in [2.05, 4.69) is 5.32 Å². The molecule has 0 aliphatic carbocycles. The standard InChI is InChI=1S/C17H12ClFN2O3/c18-14-3-1-2-4-15(14)21-17(23)13(9-20)16(22)10-24-12-7-5-11(19)6-8-12/h1-8,13H,10H2,(H,21,23). The van der Waals surface area contributed by atoms with Crippen molar-refractivity contribution in [2.24, 2.45) is 5.92 Å². The molecule has 1 N–H and O–H groups in total. The van der Waals surface area contributed by atoms with Crippen molar-refractivity contribution in [1.29, 1.82) is 5.26 Å². The van der Waals surface area contributed by atoms with Crippen molar-refractivity contribution in [2.75, 3.05) is 11.9 Å². The average molecular weight is 347 g/mol. The van der Waals surface area contributed by atoms with E-state index in [9.17, 15) is 14.0 Å². The highest BCUT2D eigenvalue weighted by atomic mass is 35.5. The number of benzene rings is 2. The topological polar surface area (TPSA) is 79.2 Å². The monoisotopic (exact) mass is 346 g/mol. The van der Waals surface area contributed by atoms with Crippen LogP contribution in [0.25, 0.3) is 0 Å². The summed E-state index contributed by atoms with van der Waals surface area (Å²) in [6.45, 7) is -0.486. The van der Waals surface area contributed by atoms with E-state index in [1.807, 2.05) is 0 Å². The van der Waals surface area contributed by atoms with E-state index in [4.69, 9.17) is 21.6 Å². The molecule has 0 aromatic heterocycles. The molecule has 0 saturated heterocycles. The van der Waals surface area contributed by atoms with Crippen molar-refractivity contribution in [2.45, 2.75) is 0 Å². The Hall–Kier alpha value is -2.91. The normalized spacial score (nSPS) is 11.2. The first-order valence-corrected chi connectivity index (χ1v) is 7.25. The maximum absolute atomic E-state index is 12.8. The molecule has 1 unspecified atom stereocenters. The smallest absolute Gasteiger partial charge is 0.249 e. The van der Waals surface area contributed by atoms with Gasteiger partial charge in [-0.2, -0.15) is 5.26 Å². The lowest BCUT2D eigenvalue weighted by atomic mass is 10.1. The lowest BCUT2D eigenvalue weighted by molar-refractivity contribution is -0.130. The first-order chi connectivity index (χ1) is 11.5. The minimum Gasteiger partial charge on any atom is -0.486 e. The fourth-order valence-electron chi connectivity index (χ4n) is 1.81. The number of hydrogen-bond donors (Lipinski definition) is 1. The van der Waals surface area contributed by atoms with Crippen molar-refractivity contribution in [3.8, 4) is 11.8 Å². The van der Waals surface area contributed by atoms with Crippen molar-refractivity contribution < 1.29 is 18.7 Å². The van der Waals surface area contributed by atoms with Gasteiger partial charge in [-0.3, -0.25) is 9.59 Å². The molecule has 0 spiro atoms.